The zero-order chi connectivity index (χ0) is 8.55. The number of benzene rings is 1. The molecule has 0 fully saturated rings. The summed E-state index contributed by atoms with van der Waals surface area (Å²) in [6, 6.07) is 8.39. The van der Waals surface area contributed by atoms with Gasteiger partial charge in [-0.3, -0.25) is 0 Å². The van der Waals surface area contributed by atoms with Crippen molar-refractivity contribution >= 4 is 17.2 Å². The highest BCUT2D eigenvalue weighted by molar-refractivity contribution is 7.80. The molecule has 0 spiro atoms. The summed E-state index contributed by atoms with van der Waals surface area (Å²) in [7, 11) is 2.05. The maximum atomic E-state index is 5.31. The van der Waals surface area contributed by atoms with Gasteiger partial charge < -0.3 is 4.90 Å². The van der Waals surface area contributed by atoms with Crippen LogP contribution in [0.2, 0.25) is 0 Å². The fourth-order valence-electron chi connectivity index (χ4n) is 1.54. The van der Waals surface area contributed by atoms with Crippen molar-refractivity contribution in [2.75, 3.05) is 13.6 Å². The number of thiocarbonyl (C=S) groups is 1. The third kappa shape index (κ3) is 1.12. The van der Waals surface area contributed by atoms with Gasteiger partial charge in [-0.15, -0.1) is 0 Å². The van der Waals surface area contributed by atoms with Crippen molar-refractivity contribution in [1.82, 2.24) is 4.90 Å². The van der Waals surface area contributed by atoms with Crippen molar-refractivity contribution < 1.29 is 0 Å². The summed E-state index contributed by atoms with van der Waals surface area (Å²) in [6.07, 6.45) is 1.12. The van der Waals surface area contributed by atoms with E-state index in [9.17, 15) is 0 Å². The van der Waals surface area contributed by atoms with Gasteiger partial charge in [0.2, 0.25) is 0 Å². The molecule has 1 nitrogen and oxygen atoms in total. The van der Waals surface area contributed by atoms with Crippen molar-refractivity contribution in [2.45, 2.75) is 6.42 Å². The Balaban J connectivity index is 2.49. The Hall–Kier alpha value is -0.890. The number of rotatable bonds is 0. The number of fused-ring (bicyclic) bond motifs is 1. The molecule has 0 amide bonds. The van der Waals surface area contributed by atoms with Crippen LogP contribution < -0.4 is 0 Å². The zero-order valence-electron chi connectivity index (χ0n) is 7.08. The maximum Gasteiger partial charge on any atom is 0.109 e. The lowest BCUT2D eigenvalue weighted by molar-refractivity contribution is 0.505. The second-order valence-corrected chi connectivity index (χ2v) is 3.52. The molecule has 0 aliphatic carbocycles. The number of hydrogen-bond acceptors (Lipinski definition) is 1. The highest BCUT2D eigenvalue weighted by atomic mass is 32.1. The Morgan fingerprint density at radius 1 is 1.33 bits per heavy atom. The van der Waals surface area contributed by atoms with Gasteiger partial charge >= 0.3 is 0 Å². The third-order valence-corrected chi connectivity index (χ3v) is 2.84. The molecule has 0 radical (unpaired) electrons. The SMILES string of the molecule is CN1CCc2ccccc2C1=S. The predicted octanol–water partition coefficient (Wildman–Crippen LogP) is 1.85. The Morgan fingerprint density at radius 2 is 2.08 bits per heavy atom. The average molecular weight is 177 g/mol. The Bertz CT molecular complexity index is 319. The molecule has 1 aromatic rings. The molecule has 1 heterocycles. The monoisotopic (exact) mass is 177 g/mol. The van der Waals surface area contributed by atoms with Crippen molar-refractivity contribution in [2.24, 2.45) is 0 Å². The first kappa shape index (κ1) is 7.74. The summed E-state index contributed by atoms with van der Waals surface area (Å²) in [5.74, 6) is 0. The zero-order valence-corrected chi connectivity index (χ0v) is 7.90. The molecule has 0 aromatic heterocycles. The van der Waals surface area contributed by atoms with Crippen molar-refractivity contribution in [3.05, 3.63) is 35.4 Å². The molecule has 0 unspecified atom stereocenters. The van der Waals surface area contributed by atoms with Gasteiger partial charge in [-0.1, -0.05) is 36.5 Å². The summed E-state index contributed by atoms with van der Waals surface area (Å²) in [5.41, 5.74) is 2.63. The third-order valence-electron chi connectivity index (χ3n) is 2.31. The summed E-state index contributed by atoms with van der Waals surface area (Å²) in [4.78, 5) is 3.12. The van der Waals surface area contributed by atoms with Crippen molar-refractivity contribution in [3.63, 3.8) is 0 Å². The fourth-order valence-corrected chi connectivity index (χ4v) is 1.83. The van der Waals surface area contributed by atoms with Crippen LogP contribution in [0.4, 0.5) is 0 Å². The topological polar surface area (TPSA) is 3.24 Å². The molecule has 62 valence electrons. The van der Waals surface area contributed by atoms with Gasteiger partial charge in [-0.05, 0) is 12.0 Å². The van der Waals surface area contributed by atoms with Gasteiger partial charge in [0.15, 0.2) is 0 Å². The minimum atomic E-state index is 0.983. The van der Waals surface area contributed by atoms with Gasteiger partial charge in [0, 0.05) is 19.2 Å². The summed E-state index contributed by atoms with van der Waals surface area (Å²) in [5, 5.41) is 0. The second-order valence-electron chi connectivity index (χ2n) is 3.13. The maximum absolute atomic E-state index is 5.31. The van der Waals surface area contributed by atoms with Gasteiger partial charge in [-0.25, -0.2) is 0 Å². The van der Waals surface area contributed by atoms with Crippen LogP contribution in [0, 0.1) is 0 Å². The first-order valence-corrected chi connectivity index (χ1v) is 4.53. The van der Waals surface area contributed by atoms with Gasteiger partial charge in [0.1, 0.15) is 4.99 Å². The van der Waals surface area contributed by atoms with Crippen molar-refractivity contribution in [3.8, 4) is 0 Å². The van der Waals surface area contributed by atoms with Crippen LogP contribution in [0.1, 0.15) is 11.1 Å². The van der Waals surface area contributed by atoms with E-state index in [2.05, 4.69) is 30.1 Å². The summed E-state index contributed by atoms with van der Waals surface area (Å²) < 4.78 is 0. The smallest absolute Gasteiger partial charge is 0.109 e. The van der Waals surface area contributed by atoms with Gasteiger partial charge in [0.05, 0.1) is 0 Å². The molecule has 12 heavy (non-hydrogen) atoms. The lowest BCUT2D eigenvalue weighted by Crippen LogP contribution is -2.33. The molecule has 0 saturated heterocycles. The highest BCUT2D eigenvalue weighted by Gasteiger charge is 2.16. The fraction of sp³-hybridized carbons (Fsp3) is 0.300. The Labute approximate surface area is 78.0 Å². The van der Waals surface area contributed by atoms with Crippen LogP contribution >= 0.6 is 12.2 Å². The Kier molecular flexibility index (Phi) is 1.85. The van der Waals surface area contributed by atoms with Crippen LogP contribution in [-0.2, 0) is 6.42 Å². The lowest BCUT2D eigenvalue weighted by atomic mass is 10.0. The molecular weight excluding hydrogens is 166 g/mol. The molecule has 1 aliphatic rings. The average Bonchev–Trinajstić information content (AvgIpc) is 2.12. The van der Waals surface area contributed by atoms with Crippen LogP contribution in [0.25, 0.3) is 0 Å². The van der Waals surface area contributed by atoms with E-state index in [-0.39, 0.29) is 0 Å². The van der Waals surface area contributed by atoms with E-state index >= 15 is 0 Å². The van der Waals surface area contributed by atoms with E-state index in [1.54, 1.807) is 0 Å². The van der Waals surface area contributed by atoms with E-state index < -0.39 is 0 Å². The number of likely N-dealkylation sites (N-methyl/N-ethyl adjacent to an activating group) is 1. The summed E-state index contributed by atoms with van der Waals surface area (Å²) in [6.45, 7) is 1.05. The van der Waals surface area contributed by atoms with E-state index in [4.69, 9.17) is 12.2 Å². The van der Waals surface area contributed by atoms with Crippen LogP contribution in [-0.4, -0.2) is 23.5 Å². The predicted molar refractivity (Wildman–Crippen MR) is 54.5 cm³/mol. The summed E-state index contributed by atoms with van der Waals surface area (Å²) >= 11 is 5.31. The molecular formula is C10H11NS. The largest absolute Gasteiger partial charge is 0.365 e. The minimum absolute atomic E-state index is 0.983. The normalized spacial score (nSPS) is 16.1. The van der Waals surface area contributed by atoms with Gasteiger partial charge in [-0.2, -0.15) is 0 Å². The standard InChI is InChI=1S/C10H11NS/c1-11-7-6-8-4-2-3-5-9(8)10(11)12/h2-5H,6-7H2,1H3. The molecule has 1 aliphatic heterocycles. The van der Waals surface area contributed by atoms with E-state index in [1.165, 1.54) is 11.1 Å². The molecule has 2 rings (SSSR count). The quantitative estimate of drug-likeness (QED) is 0.556. The highest BCUT2D eigenvalue weighted by Crippen LogP contribution is 2.17. The molecule has 0 bridgehead atoms. The van der Waals surface area contributed by atoms with Crippen LogP contribution in [0.5, 0.6) is 0 Å². The van der Waals surface area contributed by atoms with E-state index in [0.29, 0.717) is 0 Å². The van der Waals surface area contributed by atoms with Crippen LogP contribution in [0.3, 0.4) is 0 Å². The lowest BCUT2D eigenvalue weighted by Gasteiger charge is -2.27. The van der Waals surface area contributed by atoms with E-state index in [0.717, 1.165) is 18.0 Å². The minimum Gasteiger partial charge on any atom is -0.365 e. The first-order valence-electron chi connectivity index (χ1n) is 4.12. The number of nitrogens with zero attached hydrogens (tertiary/aromatic N) is 1. The van der Waals surface area contributed by atoms with Gasteiger partial charge in [0.25, 0.3) is 0 Å². The molecule has 0 atom stereocenters. The molecule has 0 N–H and O–H groups in total. The second kappa shape index (κ2) is 2.87. The first-order chi connectivity index (χ1) is 5.79. The molecule has 2 heteroatoms. The van der Waals surface area contributed by atoms with Crippen molar-refractivity contribution in [1.29, 1.82) is 0 Å². The Morgan fingerprint density at radius 3 is 2.92 bits per heavy atom. The molecule has 0 saturated carbocycles. The number of hydrogen-bond donors (Lipinski definition) is 0. The van der Waals surface area contributed by atoms with Crippen LogP contribution in [0.15, 0.2) is 24.3 Å². The van der Waals surface area contributed by atoms with E-state index in [1.807, 2.05) is 6.07 Å². The molecule has 1 aromatic carbocycles.